The molecule has 1 aliphatic rings. The second-order valence-corrected chi connectivity index (χ2v) is 5.80. The lowest BCUT2D eigenvalue weighted by Gasteiger charge is -2.39. The molecule has 2 rings (SSSR count). The number of pyridine rings is 1. The van der Waals surface area contributed by atoms with Crippen molar-refractivity contribution in [2.75, 3.05) is 5.43 Å². The van der Waals surface area contributed by atoms with Gasteiger partial charge in [-0.3, -0.25) is 0 Å². The smallest absolute Gasteiger partial charge is 0.150 e. The minimum Gasteiger partial charge on any atom is -0.389 e. The van der Waals surface area contributed by atoms with E-state index in [9.17, 15) is 0 Å². The molecule has 0 spiro atoms. The van der Waals surface area contributed by atoms with E-state index in [4.69, 9.17) is 18.0 Å². The van der Waals surface area contributed by atoms with Gasteiger partial charge in [0.2, 0.25) is 0 Å². The Hall–Kier alpha value is -1.20. The number of hydrogen-bond donors (Lipinski definition) is 2. The van der Waals surface area contributed by atoms with Crippen LogP contribution in [0.3, 0.4) is 0 Å². The van der Waals surface area contributed by atoms with Gasteiger partial charge in [0.1, 0.15) is 4.99 Å². The highest BCUT2D eigenvalue weighted by Crippen LogP contribution is 2.24. The van der Waals surface area contributed by atoms with E-state index < -0.39 is 0 Å². The van der Waals surface area contributed by atoms with Crippen molar-refractivity contribution in [1.29, 1.82) is 0 Å². The minimum atomic E-state index is 0.382. The molecular formula is C14H22N4S. The summed E-state index contributed by atoms with van der Waals surface area (Å²) < 4.78 is 0. The van der Waals surface area contributed by atoms with Crippen LogP contribution in [0.25, 0.3) is 0 Å². The molecule has 5 heteroatoms. The summed E-state index contributed by atoms with van der Waals surface area (Å²) in [5.41, 5.74) is 11.0. The number of nitrogens with zero attached hydrogens (tertiary/aromatic N) is 2. The first-order valence-corrected chi connectivity index (χ1v) is 7.22. The summed E-state index contributed by atoms with van der Waals surface area (Å²) >= 11 is 5.10. The van der Waals surface area contributed by atoms with Crippen molar-refractivity contribution in [3.63, 3.8) is 0 Å². The largest absolute Gasteiger partial charge is 0.389 e. The van der Waals surface area contributed by atoms with Gasteiger partial charge in [-0.15, -0.1) is 0 Å². The number of hydrazine groups is 1. The van der Waals surface area contributed by atoms with E-state index in [0.717, 1.165) is 17.1 Å². The number of thiocarbonyl (C=S) groups is 1. The van der Waals surface area contributed by atoms with Crippen LogP contribution in [0.1, 0.15) is 44.4 Å². The van der Waals surface area contributed by atoms with Crippen LogP contribution >= 0.6 is 12.2 Å². The zero-order valence-corrected chi connectivity index (χ0v) is 12.6. The summed E-state index contributed by atoms with van der Waals surface area (Å²) in [6, 6.07) is 4.85. The van der Waals surface area contributed by atoms with Crippen LogP contribution in [0, 0.1) is 6.92 Å². The van der Waals surface area contributed by atoms with Gasteiger partial charge in [0.05, 0.1) is 5.56 Å². The summed E-state index contributed by atoms with van der Waals surface area (Å²) in [6.45, 7) is 6.44. The first-order valence-electron chi connectivity index (χ1n) is 6.81. The Morgan fingerprint density at radius 1 is 1.37 bits per heavy atom. The molecule has 0 aromatic carbocycles. The van der Waals surface area contributed by atoms with Crippen LogP contribution in [-0.2, 0) is 0 Å². The van der Waals surface area contributed by atoms with Crippen molar-refractivity contribution in [3.05, 3.63) is 23.4 Å². The number of anilines is 1. The molecule has 1 aliphatic heterocycles. The van der Waals surface area contributed by atoms with Crippen LogP contribution in [0.4, 0.5) is 5.82 Å². The van der Waals surface area contributed by atoms with Crippen molar-refractivity contribution in [1.82, 2.24) is 9.99 Å². The summed E-state index contributed by atoms with van der Waals surface area (Å²) in [5.74, 6) is 0.771. The minimum absolute atomic E-state index is 0.382. The molecule has 0 bridgehead atoms. The van der Waals surface area contributed by atoms with Gasteiger partial charge in [0.15, 0.2) is 5.82 Å². The Labute approximate surface area is 120 Å². The van der Waals surface area contributed by atoms with Crippen LogP contribution in [0.2, 0.25) is 0 Å². The molecule has 1 aromatic rings. The number of hydrogen-bond acceptors (Lipinski definition) is 4. The number of rotatable bonds is 3. The summed E-state index contributed by atoms with van der Waals surface area (Å²) in [6.07, 6.45) is 3.68. The van der Waals surface area contributed by atoms with E-state index in [2.05, 4.69) is 29.3 Å². The molecule has 4 nitrogen and oxygen atoms in total. The molecule has 0 radical (unpaired) electrons. The molecule has 1 aromatic heterocycles. The van der Waals surface area contributed by atoms with Gasteiger partial charge in [0.25, 0.3) is 0 Å². The number of piperidine rings is 1. The fourth-order valence-electron chi connectivity index (χ4n) is 2.60. The lowest BCUT2D eigenvalue weighted by Crippen LogP contribution is -2.47. The van der Waals surface area contributed by atoms with Crippen molar-refractivity contribution < 1.29 is 0 Å². The van der Waals surface area contributed by atoms with Gasteiger partial charge < -0.3 is 11.2 Å². The fraction of sp³-hybridized carbons (Fsp3) is 0.571. The molecule has 0 aliphatic carbocycles. The molecule has 2 heterocycles. The van der Waals surface area contributed by atoms with E-state index >= 15 is 0 Å². The Balaban J connectivity index is 2.26. The molecule has 2 atom stereocenters. The lowest BCUT2D eigenvalue weighted by atomic mass is 10.00. The number of aromatic nitrogens is 1. The Morgan fingerprint density at radius 3 is 2.58 bits per heavy atom. The van der Waals surface area contributed by atoms with Crippen molar-refractivity contribution in [2.45, 2.75) is 52.1 Å². The van der Waals surface area contributed by atoms with Crippen molar-refractivity contribution >= 4 is 23.0 Å². The highest BCUT2D eigenvalue weighted by Gasteiger charge is 2.25. The second-order valence-electron chi connectivity index (χ2n) is 5.36. The molecule has 104 valence electrons. The number of nitrogens with one attached hydrogen (secondary N) is 1. The maximum atomic E-state index is 5.77. The first kappa shape index (κ1) is 14.2. The van der Waals surface area contributed by atoms with E-state index in [0.29, 0.717) is 17.1 Å². The quantitative estimate of drug-likeness (QED) is 0.832. The molecule has 2 unspecified atom stereocenters. The lowest BCUT2D eigenvalue weighted by molar-refractivity contribution is 0.135. The zero-order chi connectivity index (χ0) is 14.0. The standard InChI is InChI=1S/C14H22N4S/c1-9-7-8-12(13(15)19)14(16-9)17-18-10(2)5-4-6-11(18)3/h7-8,10-11H,4-6H2,1-3H3,(H2,15,19)(H,16,17). The SMILES string of the molecule is Cc1ccc(C(N)=S)c(NN2C(C)CCCC2C)n1. The van der Waals surface area contributed by atoms with E-state index in [1.54, 1.807) is 0 Å². The fourth-order valence-corrected chi connectivity index (χ4v) is 2.77. The Bertz CT molecular complexity index is 465. The van der Waals surface area contributed by atoms with Gasteiger partial charge in [-0.25, -0.2) is 9.99 Å². The van der Waals surface area contributed by atoms with Crippen LogP contribution < -0.4 is 11.2 Å². The topological polar surface area (TPSA) is 54.2 Å². The maximum absolute atomic E-state index is 5.77. The third-order valence-electron chi connectivity index (χ3n) is 3.73. The molecule has 1 fully saturated rings. The molecule has 1 saturated heterocycles. The average molecular weight is 278 g/mol. The third-order valence-corrected chi connectivity index (χ3v) is 3.95. The summed E-state index contributed by atoms with van der Waals surface area (Å²) in [5, 5.41) is 2.27. The average Bonchev–Trinajstić information content (AvgIpc) is 2.33. The predicted octanol–water partition coefficient (Wildman–Crippen LogP) is 2.61. The Morgan fingerprint density at radius 2 is 2.00 bits per heavy atom. The molecule has 19 heavy (non-hydrogen) atoms. The van der Waals surface area contributed by atoms with Crippen LogP contribution in [0.15, 0.2) is 12.1 Å². The monoisotopic (exact) mass is 278 g/mol. The number of aryl methyl sites for hydroxylation is 1. The normalized spacial score (nSPS) is 24.2. The molecule has 0 amide bonds. The van der Waals surface area contributed by atoms with E-state index in [-0.39, 0.29) is 0 Å². The van der Waals surface area contributed by atoms with Gasteiger partial charge in [-0.1, -0.05) is 18.6 Å². The highest BCUT2D eigenvalue weighted by molar-refractivity contribution is 7.80. The van der Waals surface area contributed by atoms with Crippen molar-refractivity contribution in [2.24, 2.45) is 5.73 Å². The van der Waals surface area contributed by atoms with Crippen LogP contribution in [-0.4, -0.2) is 27.1 Å². The van der Waals surface area contributed by atoms with Gasteiger partial charge in [-0.05, 0) is 45.7 Å². The zero-order valence-electron chi connectivity index (χ0n) is 11.8. The molecule has 0 saturated carbocycles. The second kappa shape index (κ2) is 5.84. The van der Waals surface area contributed by atoms with Gasteiger partial charge >= 0.3 is 0 Å². The van der Waals surface area contributed by atoms with E-state index in [1.165, 1.54) is 19.3 Å². The van der Waals surface area contributed by atoms with Gasteiger partial charge in [-0.2, -0.15) is 0 Å². The molecule has 3 N–H and O–H groups in total. The predicted molar refractivity (Wildman–Crippen MR) is 83.1 cm³/mol. The summed E-state index contributed by atoms with van der Waals surface area (Å²) in [4.78, 5) is 4.92. The van der Waals surface area contributed by atoms with Crippen LogP contribution in [0.5, 0.6) is 0 Å². The first-order chi connectivity index (χ1) is 8.99. The maximum Gasteiger partial charge on any atom is 0.150 e. The van der Waals surface area contributed by atoms with Gasteiger partial charge in [0, 0.05) is 17.8 Å². The number of nitrogens with two attached hydrogens (primary N) is 1. The molecular weight excluding hydrogens is 256 g/mol. The Kier molecular flexibility index (Phi) is 4.37. The van der Waals surface area contributed by atoms with Crippen molar-refractivity contribution in [3.8, 4) is 0 Å². The van der Waals surface area contributed by atoms with E-state index in [1.807, 2.05) is 19.1 Å². The highest BCUT2D eigenvalue weighted by atomic mass is 32.1. The summed E-state index contributed by atoms with van der Waals surface area (Å²) in [7, 11) is 0. The third kappa shape index (κ3) is 3.22.